The highest BCUT2D eigenvalue weighted by molar-refractivity contribution is 6.31. The van der Waals surface area contributed by atoms with E-state index in [1.54, 1.807) is 35.2 Å². The summed E-state index contributed by atoms with van der Waals surface area (Å²) in [6, 6.07) is 12.2. The lowest BCUT2D eigenvalue weighted by atomic mass is 9.89. The number of likely N-dealkylation sites (tertiary alicyclic amines) is 1. The maximum absolute atomic E-state index is 13.0. The molecule has 2 aromatic rings. The van der Waals surface area contributed by atoms with Crippen molar-refractivity contribution >= 4 is 23.3 Å². The quantitative estimate of drug-likeness (QED) is 0.809. The van der Waals surface area contributed by atoms with Crippen LogP contribution in [-0.2, 0) is 0 Å². The van der Waals surface area contributed by atoms with Crippen molar-refractivity contribution in [3.63, 3.8) is 0 Å². The third-order valence-electron chi connectivity index (χ3n) is 4.99. The summed E-state index contributed by atoms with van der Waals surface area (Å²) in [5, 5.41) is 0.473. The van der Waals surface area contributed by atoms with Gasteiger partial charge in [-0.2, -0.15) is 0 Å². The largest absolute Gasteiger partial charge is 0.496 e. The summed E-state index contributed by atoms with van der Waals surface area (Å²) in [7, 11) is 1.52. The molecule has 26 heavy (non-hydrogen) atoms. The normalized spacial score (nSPS) is 21.5. The van der Waals surface area contributed by atoms with Gasteiger partial charge in [-0.3, -0.25) is 9.59 Å². The van der Waals surface area contributed by atoms with Crippen molar-refractivity contribution in [1.29, 1.82) is 0 Å². The lowest BCUT2D eigenvalue weighted by molar-refractivity contribution is 0.0427. The summed E-state index contributed by atoms with van der Waals surface area (Å²) in [5.74, 6) is 0.960. The first kappa shape index (κ1) is 16.9. The Hall–Kier alpha value is -2.53. The number of methoxy groups -OCH3 is 1. The molecule has 6 heteroatoms. The maximum atomic E-state index is 13.0. The Kier molecular flexibility index (Phi) is 4.11. The SMILES string of the molecule is COc1ccc(Cl)cc1C(=O)N1CCC2(CC(=O)c3ccccc3O2)C1. The van der Waals surface area contributed by atoms with Crippen LogP contribution >= 0.6 is 11.6 Å². The summed E-state index contributed by atoms with van der Waals surface area (Å²) in [4.78, 5) is 27.2. The third kappa shape index (κ3) is 2.82. The molecule has 4 rings (SSSR count). The van der Waals surface area contributed by atoms with Gasteiger partial charge in [-0.05, 0) is 30.3 Å². The number of Topliss-reactive ketones (excluding diaryl/α,β-unsaturated/α-hetero) is 1. The molecular formula is C20H18ClNO4. The number of amides is 1. The Labute approximate surface area is 156 Å². The molecule has 0 N–H and O–H groups in total. The molecule has 1 fully saturated rings. The summed E-state index contributed by atoms with van der Waals surface area (Å²) in [6.07, 6.45) is 0.891. The average molecular weight is 372 g/mol. The van der Waals surface area contributed by atoms with E-state index in [2.05, 4.69) is 0 Å². The van der Waals surface area contributed by atoms with Gasteiger partial charge in [-0.1, -0.05) is 23.7 Å². The molecule has 1 unspecified atom stereocenters. The van der Waals surface area contributed by atoms with Crippen molar-refractivity contribution in [2.75, 3.05) is 20.2 Å². The highest BCUT2D eigenvalue weighted by Crippen LogP contribution is 2.39. The number of rotatable bonds is 2. The Morgan fingerprint density at radius 3 is 2.88 bits per heavy atom. The number of benzene rings is 2. The molecule has 2 aliphatic heterocycles. The molecular weight excluding hydrogens is 354 g/mol. The topological polar surface area (TPSA) is 55.8 Å². The summed E-state index contributed by atoms with van der Waals surface area (Å²) in [6.45, 7) is 0.880. The van der Waals surface area contributed by atoms with Crippen LogP contribution in [0.5, 0.6) is 11.5 Å². The van der Waals surface area contributed by atoms with Crippen LogP contribution in [0.4, 0.5) is 0 Å². The maximum Gasteiger partial charge on any atom is 0.257 e. The van der Waals surface area contributed by atoms with Gasteiger partial charge in [0, 0.05) is 18.0 Å². The van der Waals surface area contributed by atoms with Crippen LogP contribution in [0.2, 0.25) is 5.02 Å². The van der Waals surface area contributed by atoms with E-state index in [-0.39, 0.29) is 18.1 Å². The van der Waals surface area contributed by atoms with Crippen molar-refractivity contribution in [3.8, 4) is 11.5 Å². The first-order valence-corrected chi connectivity index (χ1v) is 8.83. The fourth-order valence-electron chi connectivity index (χ4n) is 3.71. The molecule has 1 amide bonds. The van der Waals surface area contributed by atoms with Gasteiger partial charge < -0.3 is 14.4 Å². The number of hydrogen-bond acceptors (Lipinski definition) is 4. The van der Waals surface area contributed by atoms with Crippen molar-refractivity contribution in [2.45, 2.75) is 18.4 Å². The number of ether oxygens (including phenoxy) is 2. The van der Waals surface area contributed by atoms with Crippen LogP contribution in [0.3, 0.4) is 0 Å². The first-order chi connectivity index (χ1) is 12.5. The van der Waals surface area contributed by atoms with Crippen molar-refractivity contribution in [2.24, 2.45) is 0 Å². The molecule has 5 nitrogen and oxygen atoms in total. The zero-order valence-electron chi connectivity index (χ0n) is 14.3. The van der Waals surface area contributed by atoms with Gasteiger partial charge in [0.15, 0.2) is 5.78 Å². The monoisotopic (exact) mass is 371 g/mol. The first-order valence-electron chi connectivity index (χ1n) is 8.45. The van der Waals surface area contributed by atoms with Crippen LogP contribution in [0.15, 0.2) is 42.5 Å². The minimum Gasteiger partial charge on any atom is -0.496 e. The third-order valence-corrected chi connectivity index (χ3v) is 5.23. The number of para-hydroxylation sites is 1. The lowest BCUT2D eigenvalue weighted by Gasteiger charge is -2.34. The minimum absolute atomic E-state index is 0.0569. The van der Waals surface area contributed by atoms with E-state index in [0.717, 1.165) is 0 Å². The number of carbonyl (C=O) groups is 2. The highest BCUT2D eigenvalue weighted by atomic mass is 35.5. The Bertz CT molecular complexity index is 897. The van der Waals surface area contributed by atoms with E-state index in [0.29, 0.717) is 47.2 Å². The fraction of sp³-hybridized carbons (Fsp3) is 0.300. The molecule has 2 heterocycles. The number of carbonyl (C=O) groups excluding carboxylic acids is 2. The zero-order valence-corrected chi connectivity index (χ0v) is 15.1. The van der Waals surface area contributed by atoms with Crippen molar-refractivity contribution in [3.05, 3.63) is 58.6 Å². The van der Waals surface area contributed by atoms with Gasteiger partial charge in [0.05, 0.1) is 31.2 Å². The van der Waals surface area contributed by atoms with Gasteiger partial charge in [0.25, 0.3) is 5.91 Å². The number of ketones is 1. The lowest BCUT2D eigenvalue weighted by Crippen LogP contribution is -2.45. The molecule has 0 aromatic heterocycles. The minimum atomic E-state index is -0.660. The number of fused-ring (bicyclic) bond motifs is 1. The highest BCUT2D eigenvalue weighted by Gasteiger charge is 2.47. The summed E-state index contributed by atoms with van der Waals surface area (Å²) < 4.78 is 11.5. The van der Waals surface area contributed by atoms with Gasteiger partial charge >= 0.3 is 0 Å². The fourth-order valence-corrected chi connectivity index (χ4v) is 3.88. The van der Waals surface area contributed by atoms with Crippen molar-refractivity contribution in [1.82, 2.24) is 4.90 Å². The molecule has 0 bridgehead atoms. The smallest absolute Gasteiger partial charge is 0.257 e. The Morgan fingerprint density at radius 2 is 2.08 bits per heavy atom. The van der Waals surface area contributed by atoms with E-state index in [9.17, 15) is 9.59 Å². The molecule has 0 radical (unpaired) electrons. The van der Waals surface area contributed by atoms with Gasteiger partial charge in [-0.25, -0.2) is 0 Å². The molecule has 0 aliphatic carbocycles. The van der Waals surface area contributed by atoms with E-state index >= 15 is 0 Å². The molecule has 1 spiro atoms. The second-order valence-corrected chi connectivity index (χ2v) is 7.14. The van der Waals surface area contributed by atoms with Gasteiger partial charge in [-0.15, -0.1) is 0 Å². The molecule has 0 saturated carbocycles. The van der Waals surface area contributed by atoms with Crippen LogP contribution in [-0.4, -0.2) is 42.4 Å². The van der Waals surface area contributed by atoms with E-state index in [4.69, 9.17) is 21.1 Å². The molecule has 134 valence electrons. The summed E-state index contributed by atoms with van der Waals surface area (Å²) in [5.41, 5.74) is 0.367. The van der Waals surface area contributed by atoms with Crippen molar-refractivity contribution < 1.29 is 19.1 Å². The molecule has 1 saturated heterocycles. The zero-order chi connectivity index (χ0) is 18.3. The van der Waals surface area contributed by atoms with Crippen LogP contribution < -0.4 is 9.47 Å². The number of nitrogens with zero attached hydrogens (tertiary/aromatic N) is 1. The van der Waals surface area contributed by atoms with Gasteiger partial charge in [0.2, 0.25) is 0 Å². The van der Waals surface area contributed by atoms with Crippen LogP contribution in [0.25, 0.3) is 0 Å². The second kappa shape index (κ2) is 6.32. The van der Waals surface area contributed by atoms with Crippen LogP contribution in [0, 0.1) is 0 Å². The average Bonchev–Trinajstić information content (AvgIpc) is 3.04. The van der Waals surface area contributed by atoms with Crippen LogP contribution in [0.1, 0.15) is 33.6 Å². The van der Waals surface area contributed by atoms with Gasteiger partial charge in [0.1, 0.15) is 17.1 Å². The Balaban J connectivity index is 1.59. The predicted molar refractivity (Wildman–Crippen MR) is 97.3 cm³/mol. The predicted octanol–water partition coefficient (Wildman–Crippen LogP) is 3.60. The van der Waals surface area contributed by atoms with E-state index < -0.39 is 5.60 Å². The standard InChI is InChI=1S/C20H18ClNO4/c1-25-17-7-6-13(21)10-15(17)19(24)22-9-8-20(12-22)11-16(23)14-4-2-3-5-18(14)26-20/h2-7,10H,8-9,11-12H2,1H3. The molecule has 2 aromatic carbocycles. The summed E-state index contributed by atoms with van der Waals surface area (Å²) >= 11 is 6.05. The number of hydrogen-bond donors (Lipinski definition) is 0. The second-order valence-electron chi connectivity index (χ2n) is 6.70. The van der Waals surface area contributed by atoms with E-state index in [1.165, 1.54) is 7.11 Å². The number of halogens is 1. The Morgan fingerprint density at radius 1 is 1.27 bits per heavy atom. The van der Waals surface area contributed by atoms with E-state index in [1.807, 2.05) is 12.1 Å². The molecule has 1 atom stereocenters. The molecule has 2 aliphatic rings.